The first-order valence-electron chi connectivity index (χ1n) is 8.86. The van der Waals surface area contributed by atoms with Gasteiger partial charge in [0.1, 0.15) is 5.75 Å². The standard InChI is InChI=1S/C21H22ClNO4/c1-13-10-17(22)8-9-19(13)26-12-20(24)27-15(3)21(25)23-14(2)11-16-6-4-5-7-18(16)23/h4-10,14-15H,11-12H2,1-3H3/t14-,15+/m0/s1. The van der Waals surface area contributed by atoms with Crippen LogP contribution in [0.4, 0.5) is 5.69 Å². The third-order valence-corrected chi connectivity index (χ3v) is 4.82. The van der Waals surface area contributed by atoms with E-state index in [0.717, 1.165) is 23.2 Å². The molecular formula is C21H22ClNO4. The van der Waals surface area contributed by atoms with Crippen LogP contribution >= 0.6 is 11.6 Å². The van der Waals surface area contributed by atoms with Crippen molar-refractivity contribution in [3.63, 3.8) is 0 Å². The van der Waals surface area contributed by atoms with E-state index in [0.29, 0.717) is 10.8 Å². The lowest BCUT2D eigenvalue weighted by Gasteiger charge is -2.25. The van der Waals surface area contributed by atoms with Crippen molar-refractivity contribution >= 4 is 29.2 Å². The van der Waals surface area contributed by atoms with Crippen molar-refractivity contribution in [3.8, 4) is 5.75 Å². The van der Waals surface area contributed by atoms with E-state index in [1.165, 1.54) is 0 Å². The Morgan fingerprint density at radius 1 is 1.26 bits per heavy atom. The number of para-hydroxylation sites is 1. The first-order chi connectivity index (χ1) is 12.9. The second-order valence-corrected chi connectivity index (χ2v) is 7.16. The molecule has 1 aliphatic rings. The molecule has 6 heteroatoms. The van der Waals surface area contributed by atoms with Crippen LogP contribution in [0.3, 0.4) is 0 Å². The van der Waals surface area contributed by atoms with E-state index in [1.807, 2.05) is 38.1 Å². The van der Waals surface area contributed by atoms with Gasteiger partial charge in [0.15, 0.2) is 12.7 Å². The van der Waals surface area contributed by atoms with E-state index in [4.69, 9.17) is 21.1 Å². The van der Waals surface area contributed by atoms with Crippen molar-refractivity contribution in [1.82, 2.24) is 0 Å². The predicted molar refractivity (Wildman–Crippen MR) is 104 cm³/mol. The average molecular weight is 388 g/mol. The molecule has 2 aromatic carbocycles. The molecule has 0 bridgehead atoms. The minimum atomic E-state index is -0.888. The molecule has 2 atom stereocenters. The molecule has 0 saturated carbocycles. The van der Waals surface area contributed by atoms with Gasteiger partial charge in [-0.15, -0.1) is 0 Å². The monoisotopic (exact) mass is 387 g/mol. The molecular weight excluding hydrogens is 366 g/mol. The Kier molecular flexibility index (Phi) is 5.71. The predicted octanol–water partition coefficient (Wildman–Crippen LogP) is 3.94. The minimum Gasteiger partial charge on any atom is -0.482 e. The van der Waals surface area contributed by atoms with E-state index in [-0.39, 0.29) is 18.6 Å². The lowest BCUT2D eigenvalue weighted by Crippen LogP contribution is -2.43. The van der Waals surface area contributed by atoms with Gasteiger partial charge in [0, 0.05) is 16.8 Å². The van der Waals surface area contributed by atoms with Gasteiger partial charge in [0.2, 0.25) is 0 Å². The van der Waals surface area contributed by atoms with Gasteiger partial charge in [0.05, 0.1) is 0 Å². The maximum absolute atomic E-state index is 12.8. The molecule has 1 amide bonds. The molecule has 0 fully saturated rings. The molecule has 2 aromatic rings. The molecule has 0 saturated heterocycles. The maximum atomic E-state index is 12.8. The number of hydrogen-bond donors (Lipinski definition) is 0. The molecule has 3 rings (SSSR count). The summed E-state index contributed by atoms with van der Waals surface area (Å²) < 4.78 is 10.8. The summed E-state index contributed by atoms with van der Waals surface area (Å²) in [7, 11) is 0. The van der Waals surface area contributed by atoms with E-state index < -0.39 is 12.1 Å². The van der Waals surface area contributed by atoms with Gasteiger partial charge >= 0.3 is 5.97 Å². The lowest BCUT2D eigenvalue weighted by molar-refractivity contribution is -0.155. The van der Waals surface area contributed by atoms with Crippen molar-refractivity contribution in [3.05, 3.63) is 58.6 Å². The number of halogens is 1. The van der Waals surface area contributed by atoms with E-state index in [9.17, 15) is 9.59 Å². The van der Waals surface area contributed by atoms with Gasteiger partial charge < -0.3 is 14.4 Å². The molecule has 1 aliphatic heterocycles. The van der Waals surface area contributed by atoms with Crippen molar-refractivity contribution < 1.29 is 19.1 Å². The number of carbonyl (C=O) groups is 2. The van der Waals surface area contributed by atoms with Crippen LogP contribution < -0.4 is 9.64 Å². The number of benzene rings is 2. The van der Waals surface area contributed by atoms with Gasteiger partial charge in [-0.25, -0.2) is 4.79 Å². The maximum Gasteiger partial charge on any atom is 0.344 e. The molecule has 0 radical (unpaired) electrons. The number of ether oxygens (including phenoxy) is 2. The molecule has 0 aromatic heterocycles. The molecule has 0 aliphatic carbocycles. The van der Waals surface area contributed by atoms with Crippen LogP contribution in [-0.4, -0.2) is 30.6 Å². The van der Waals surface area contributed by atoms with Crippen molar-refractivity contribution in [1.29, 1.82) is 0 Å². The highest BCUT2D eigenvalue weighted by Gasteiger charge is 2.34. The van der Waals surface area contributed by atoms with E-state index in [1.54, 1.807) is 30.0 Å². The summed E-state index contributed by atoms with van der Waals surface area (Å²) in [5.41, 5.74) is 2.83. The highest BCUT2D eigenvalue weighted by Crippen LogP contribution is 2.32. The molecule has 0 spiro atoms. The van der Waals surface area contributed by atoms with Crippen molar-refractivity contribution in [2.75, 3.05) is 11.5 Å². The SMILES string of the molecule is Cc1cc(Cl)ccc1OCC(=O)O[C@H](C)C(=O)N1c2ccccc2C[C@@H]1C. The van der Waals surface area contributed by atoms with Gasteiger partial charge in [0.25, 0.3) is 5.91 Å². The summed E-state index contributed by atoms with van der Waals surface area (Å²) in [5, 5.41) is 0.599. The Morgan fingerprint density at radius 2 is 2.00 bits per heavy atom. The summed E-state index contributed by atoms with van der Waals surface area (Å²) in [5.74, 6) is -0.272. The number of rotatable bonds is 5. The molecule has 0 N–H and O–H groups in total. The van der Waals surface area contributed by atoms with Gasteiger partial charge in [-0.3, -0.25) is 4.79 Å². The topological polar surface area (TPSA) is 55.8 Å². The fraction of sp³-hybridized carbons (Fsp3) is 0.333. The third-order valence-electron chi connectivity index (χ3n) is 4.58. The van der Waals surface area contributed by atoms with Gasteiger partial charge in [-0.1, -0.05) is 29.8 Å². The summed E-state index contributed by atoms with van der Waals surface area (Å²) >= 11 is 5.90. The summed E-state index contributed by atoms with van der Waals surface area (Å²) in [4.78, 5) is 26.6. The number of aryl methyl sites for hydroxylation is 1. The van der Waals surface area contributed by atoms with Crippen LogP contribution in [0.15, 0.2) is 42.5 Å². The van der Waals surface area contributed by atoms with E-state index in [2.05, 4.69) is 0 Å². The summed E-state index contributed by atoms with van der Waals surface area (Å²) in [6.45, 7) is 5.14. The number of amides is 1. The van der Waals surface area contributed by atoms with Crippen LogP contribution in [0, 0.1) is 6.92 Å². The van der Waals surface area contributed by atoms with Crippen LogP contribution in [-0.2, 0) is 20.7 Å². The minimum absolute atomic E-state index is 0.0315. The Labute approximate surface area is 163 Å². The molecule has 27 heavy (non-hydrogen) atoms. The van der Waals surface area contributed by atoms with Crippen LogP contribution in [0.2, 0.25) is 5.02 Å². The molecule has 5 nitrogen and oxygen atoms in total. The number of fused-ring (bicyclic) bond motifs is 1. The summed E-state index contributed by atoms with van der Waals surface area (Å²) in [6, 6.07) is 12.9. The van der Waals surface area contributed by atoms with Crippen molar-refractivity contribution in [2.24, 2.45) is 0 Å². The van der Waals surface area contributed by atoms with Crippen LogP contribution in [0.25, 0.3) is 0 Å². The first-order valence-corrected chi connectivity index (χ1v) is 9.24. The largest absolute Gasteiger partial charge is 0.482 e. The quantitative estimate of drug-likeness (QED) is 0.729. The third kappa shape index (κ3) is 4.25. The zero-order valence-corrected chi connectivity index (χ0v) is 16.3. The number of hydrogen-bond acceptors (Lipinski definition) is 4. The second kappa shape index (κ2) is 8.01. The second-order valence-electron chi connectivity index (χ2n) is 6.72. The van der Waals surface area contributed by atoms with Gasteiger partial charge in [-0.2, -0.15) is 0 Å². The zero-order chi connectivity index (χ0) is 19.6. The smallest absolute Gasteiger partial charge is 0.344 e. The lowest BCUT2D eigenvalue weighted by atomic mass is 10.1. The Hall–Kier alpha value is -2.53. The number of anilines is 1. The molecule has 0 unspecified atom stereocenters. The average Bonchev–Trinajstić information content (AvgIpc) is 2.96. The van der Waals surface area contributed by atoms with Crippen LogP contribution in [0.5, 0.6) is 5.75 Å². The number of esters is 1. The Morgan fingerprint density at radius 3 is 2.74 bits per heavy atom. The first kappa shape index (κ1) is 19.2. The number of nitrogens with zero attached hydrogens (tertiary/aromatic N) is 1. The fourth-order valence-corrected chi connectivity index (χ4v) is 3.52. The van der Waals surface area contributed by atoms with E-state index >= 15 is 0 Å². The fourth-order valence-electron chi connectivity index (χ4n) is 3.29. The number of carbonyl (C=O) groups excluding carboxylic acids is 2. The molecule has 142 valence electrons. The zero-order valence-electron chi connectivity index (χ0n) is 15.6. The highest BCUT2D eigenvalue weighted by atomic mass is 35.5. The van der Waals surface area contributed by atoms with Gasteiger partial charge in [-0.05, 0) is 62.6 Å². The Bertz CT molecular complexity index is 867. The Balaban J connectivity index is 1.59. The summed E-state index contributed by atoms with van der Waals surface area (Å²) in [6.07, 6.45) is -0.0948. The highest BCUT2D eigenvalue weighted by molar-refractivity contribution is 6.30. The molecule has 1 heterocycles. The van der Waals surface area contributed by atoms with Crippen molar-refractivity contribution in [2.45, 2.75) is 39.3 Å². The van der Waals surface area contributed by atoms with Crippen LogP contribution in [0.1, 0.15) is 25.0 Å². The normalized spacial score (nSPS) is 16.6.